The predicted molar refractivity (Wildman–Crippen MR) is 116 cm³/mol. The Kier molecular flexibility index (Phi) is 5.91. The smallest absolute Gasteiger partial charge is 0.322 e. The highest BCUT2D eigenvalue weighted by atomic mass is 32.2. The molecule has 1 N–H and O–H groups in total. The number of thiazole rings is 1. The van der Waals surface area contributed by atoms with Crippen molar-refractivity contribution in [2.45, 2.75) is 38.5 Å². The van der Waals surface area contributed by atoms with Gasteiger partial charge in [0.1, 0.15) is 4.88 Å². The lowest BCUT2D eigenvalue weighted by Gasteiger charge is -2.29. The van der Waals surface area contributed by atoms with Crippen LogP contribution in [-0.4, -0.2) is 46.9 Å². The Bertz CT molecular complexity index is 1190. The van der Waals surface area contributed by atoms with Crippen molar-refractivity contribution < 1.29 is 17.6 Å². The number of nitrogens with zero attached hydrogens (tertiary/aromatic N) is 4. The van der Waals surface area contributed by atoms with E-state index in [9.17, 15) is 13.2 Å². The van der Waals surface area contributed by atoms with Crippen LogP contribution in [-0.2, 0) is 10.0 Å². The summed E-state index contributed by atoms with van der Waals surface area (Å²) in [6.45, 7) is 6.90. The Hall–Kier alpha value is -2.63. The number of rotatable bonds is 5. The minimum Gasteiger partial charge on any atom is -0.402 e. The van der Waals surface area contributed by atoms with Gasteiger partial charge in [0, 0.05) is 18.7 Å². The molecule has 1 saturated heterocycles. The van der Waals surface area contributed by atoms with Crippen molar-refractivity contribution in [3.63, 3.8) is 0 Å². The summed E-state index contributed by atoms with van der Waals surface area (Å²) < 4.78 is 32.7. The Morgan fingerprint density at radius 3 is 2.45 bits per heavy atom. The van der Waals surface area contributed by atoms with E-state index in [4.69, 9.17) is 4.42 Å². The first kappa shape index (κ1) is 21.6. The fourth-order valence-corrected chi connectivity index (χ4v) is 5.73. The number of carbonyl (C=O) groups excluding carboxylic acids is 1. The highest BCUT2D eigenvalue weighted by Gasteiger charge is 2.28. The molecule has 1 aromatic carbocycles. The summed E-state index contributed by atoms with van der Waals surface area (Å²) in [5.74, 6) is 0.352. The number of amides is 1. The monoisotopic (exact) mass is 461 g/mol. The summed E-state index contributed by atoms with van der Waals surface area (Å²) in [5.41, 5.74) is 1.07. The van der Waals surface area contributed by atoms with Gasteiger partial charge in [-0.05, 0) is 56.9 Å². The third-order valence-electron chi connectivity index (χ3n) is 5.24. The van der Waals surface area contributed by atoms with E-state index in [0.29, 0.717) is 19.0 Å². The number of carbonyl (C=O) groups is 1. The molecule has 1 amide bonds. The van der Waals surface area contributed by atoms with Gasteiger partial charge in [-0.15, -0.1) is 16.4 Å². The highest BCUT2D eigenvalue weighted by molar-refractivity contribution is 7.89. The molecular weight excluding hydrogens is 438 g/mol. The zero-order chi connectivity index (χ0) is 22.2. The number of piperidine rings is 1. The number of aromatic nitrogens is 3. The summed E-state index contributed by atoms with van der Waals surface area (Å²) in [6, 6.07) is 5.81. The van der Waals surface area contributed by atoms with E-state index in [0.717, 1.165) is 28.4 Å². The third kappa shape index (κ3) is 4.53. The van der Waals surface area contributed by atoms with Crippen LogP contribution in [0, 0.1) is 19.8 Å². The maximum atomic E-state index is 12.8. The molecule has 1 fully saturated rings. The van der Waals surface area contributed by atoms with E-state index in [2.05, 4.69) is 27.4 Å². The molecule has 0 radical (unpaired) electrons. The summed E-state index contributed by atoms with van der Waals surface area (Å²) in [7, 11) is -3.56. The van der Waals surface area contributed by atoms with Gasteiger partial charge in [-0.2, -0.15) is 4.31 Å². The van der Waals surface area contributed by atoms with Crippen LogP contribution in [0.5, 0.6) is 0 Å². The van der Waals surface area contributed by atoms with Crippen LogP contribution >= 0.6 is 11.3 Å². The van der Waals surface area contributed by atoms with Crippen LogP contribution in [0.15, 0.2) is 33.6 Å². The van der Waals surface area contributed by atoms with E-state index in [1.54, 1.807) is 0 Å². The lowest BCUT2D eigenvalue weighted by Crippen LogP contribution is -2.37. The summed E-state index contributed by atoms with van der Waals surface area (Å²) in [5, 5.41) is 11.3. The van der Waals surface area contributed by atoms with Crippen molar-refractivity contribution in [1.82, 2.24) is 19.5 Å². The molecule has 0 saturated carbocycles. The Labute approximate surface area is 184 Å². The van der Waals surface area contributed by atoms with E-state index in [1.165, 1.54) is 39.9 Å². The van der Waals surface area contributed by atoms with Crippen LogP contribution in [0.25, 0.3) is 10.8 Å². The zero-order valence-corrected chi connectivity index (χ0v) is 19.1. The van der Waals surface area contributed by atoms with Crippen molar-refractivity contribution >= 4 is 33.3 Å². The van der Waals surface area contributed by atoms with Crippen molar-refractivity contribution in [3.8, 4) is 10.8 Å². The third-order valence-corrected chi connectivity index (χ3v) is 8.21. The first-order chi connectivity index (χ1) is 14.7. The second kappa shape index (κ2) is 8.48. The van der Waals surface area contributed by atoms with Gasteiger partial charge >= 0.3 is 6.01 Å². The number of aryl methyl sites for hydroxylation is 2. The van der Waals surface area contributed by atoms with Gasteiger partial charge < -0.3 is 4.42 Å². The molecule has 0 spiro atoms. The van der Waals surface area contributed by atoms with Crippen LogP contribution in [0.4, 0.5) is 6.01 Å². The average molecular weight is 462 g/mol. The molecule has 2 aromatic heterocycles. The zero-order valence-electron chi connectivity index (χ0n) is 17.5. The van der Waals surface area contributed by atoms with Gasteiger partial charge in [0.15, 0.2) is 0 Å². The van der Waals surface area contributed by atoms with Crippen molar-refractivity contribution in [3.05, 3.63) is 40.5 Å². The Morgan fingerprint density at radius 2 is 1.84 bits per heavy atom. The number of benzene rings is 1. The normalized spacial score (nSPS) is 15.8. The van der Waals surface area contributed by atoms with Crippen LogP contribution in [0.1, 0.15) is 40.8 Å². The van der Waals surface area contributed by atoms with E-state index >= 15 is 0 Å². The standard InChI is InChI=1S/C20H23N5O4S2/c1-12-8-10-25(11-9-12)31(27,28)16-6-4-15(5-7-16)18(26)22-20-24-23-19(29-20)17-13(2)21-14(3)30-17/h4-7,12H,8-11H2,1-3H3,(H,22,24,26). The molecule has 0 bridgehead atoms. The summed E-state index contributed by atoms with van der Waals surface area (Å²) in [6.07, 6.45) is 1.71. The maximum Gasteiger partial charge on any atom is 0.322 e. The quantitative estimate of drug-likeness (QED) is 0.618. The summed E-state index contributed by atoms with van der Waals surface area (Å²) >= 11 is 1.43. The van der Waals surface area contributed by atoms with Crippen LogP contribution < -0.4 is 5.32 Å². The lowest BCUT2D eigenvalue weighted by molar-refractivity contribution is 0.102. The first-order valence-corrected chi connectivity index (χ1v) is 12.2. The van der Waals surface area contributed by atoms with Gasteiger partial charge in [-0.1, -0.05) is 12.0 Å². The molecule has 3 heterocycles. The maximum absolute atomic E-state index is 12.8. The summed E-state index contributed by atoms with van der Waals surface area (Å²) in [4.78, 5) is 17.8. The Morgan fingerprint density at radius 1 is 1.16 bits per heavy atom. The average Bonchev–Trinajstić information content (AvgIpc) is 3.33. The second-order valence-electron chi connectivity index (χ2n) is 7.62. The SMILES string of the molecule is Cc1nc(C)c(-c2nnc(NC(=O)c3ccc(S(=O)(=O)N4CCC(C)CC4)cc3)o2)s1. The minimum atomic E-state index is -3.56. The number of sulfonamides is 1. The van der Waals surface area contributed by atoms with Crippen molar-refractivity contribution in [2.75, 3.05) is 18.4 Å². The van der Waals surface area contributed by atoms with Gasteiger partial charge in [0.05, 0.1) is 15.6 Å². The molecule has 11 heteroatoms. The number of hydrogen-bond acceptors (Lipinski definition) is 8. The van der Waals surface area contributed by atoms with Crippen molar-refractivity contribution in [1.29, 1.82) is 0 Å². The highest BCUT2D eigenvalue weighted by Crippen LogP contribution is 2.29. The molecule has 31 heavy (non-hydrogen) atoms. The van der Waals surface area contributed by atoms with Crippen LogP contribution in [0.2, 0.25) is 0 Å². The van der Waals surface area contributed by atoms with Crippen molar-refractivity contribution in [2.24, 2.45) is 5.92 Å². The van der Waals surface area contributed by atoms with Gasteiger partial charge in [-0.3, -0.25) is 10.1 Å². The number of anilines is 1. The van der Waals surface area contributed by atoms with E-state index in [-0.39, 0.29) is 22.4 Å². The molecule has 1 aliphatic rings. The molecule has 4 rings (SSSR count). The lowest BCUT2D eigenvalue weighted by atomic mass is 10.0. The number of hydrogen-bond donors (Lipinski definition) is 1. The van der Waals surface area contributed by atoms with Crippen LogP contribution in [0.3, 0.4) is 0 Å². The van der Waals surface area contributed by atoms with Gasteiger partial charge in [0.25, 0.3) is 11.8 Å². The molecule has 0 aliphatic carbocycles. The molecule has 3 aromatic rings. The molecule has 0 atom stereocenters. The molecule has 0 unspecified atom stereocenters. The number of nitrogens with one attached hydrogen (secondary N) is 1. The van der Waals surface area contributed by atoms with E-state index < -0.39 is 15.9 Å². The molecule has 164 valence electrons. The molecule has 1 aliphatic heterocycles. The molecular formula is C20H23N5O4S2. The van der Waals surface area contributed by atoms with E-state index in [1.807, 2.05) is 13.8 Å². The van der Waals surface area contributed by atoms with Gasteiger partial charge in [0.2, 0.25) is 10.0 Å². The second-order valence-corrected chi connectivity index (χ2v) is 10.8. The topological polar surface area (TPSA) is 118 Å². The fraction of sp³-hybridized carbons (Fsp3) is 0.400. The first-order valence-electron chi connectivity index (χ1n) is 9.93. The molecule has 9 nitrogen and oxygen atoms in total. The Balaban J connectivity index is 1.45. The fourth-order valence-electron chi connectivity index (χ4n) is 3.42. The van der Waals surface area contributed by atoms with Gasteiger partial charge in [-0.25, -0.2) is 13.4 Å². The predicted octanol–water partition coefficient (Wildman–Crippen LogP) is 3.48. The minimum absolute atomic E-state index is 0.0374. The largest absolute Gasteiger partial charge is 0.402 e.